The molecule has 1 atom stereocenters. The predicted octanol–water partition coefficient (Wildman–Crippen LogP) is 4.38. The third-order valence-electron chi connectivity index (χ3n) is 2.78. The fraction of sp³-hybridized carbons (Fsp3) is 0.385. The minimum atomic E-state index is -0.929. The van der Waals surface area contributed by atoms with Crippen LogP contribution in [-0.4, -0.2) is 23.7 Å². The van der Waals surface area contributed by atoms with Crippen molar-refractivity contribution in [3.05, 3.63) is 26.7 Å². The van der Waals surface area contributed by atoms with Crippen molar-refractivity contribution in [3.63, 3.8) is 0 Å². The number of hydrogen-bond donors (Lipinski definition) is 3. The van der Waals surface area contributed by atoms with Crippen LogP contribution in [0, 0.1) is 5.92 Å². The maximum atomic E-state index is 11.8. The van der Waals surface area contributed by atoms with E-state index in [1.54, 1.807) is 12.1 Å². The SMILES string of the molecule is CCCC(CNC(=O)Nc1ccc(Br)c(Cl)c1Cl)C(=O)O. The molecule has 1 aromatic carbocycles. The van der Waals surface area contributed by atoms with Gasteiger partial charge in [0.05, 0.1) is 21.7 Å². The molecule has 1 aromatic rings. The van der Waals surface area contributed by atoms with E-state index in [9.17, 15) is 9.59 Å². The first-order valence-corrected chi connectivity index (χ1v) is 7.82. The Morgan fingerprint density at radius 1 is 1.33 bits per heavy atom. The second-order valence-corrected chi connectivity index (χ2v) is 5.99. The average molecular weight is 398 g/mol. The van der Waals surface area contributed by atoms with Crippen LogP contribution in [0.25, 0.3) is 0 Å². The first kappa shape index (κ1) is 18.1. The van der Waals surface area contributed by atoms with Gasteiger partial charge in [-0.25, -0.2) is 4.79 Å². The smallest absolute Gasteiger partial charge is 0.319 e. The van der Waals surface area contributed by atoms with Crippen LogP contribution in [0.5, 0.6) is 0 Å². The Kier molecular flexibility index (Phi) is 7.28. The molecule has 0 fully saturated rings. The van der Waals surface area contributed by atoms with E-state index in [0.29, 0.717) is 21.6 Å². The molecule has 0 saturated carbocycles. The monoisotopic (exact) mass is 396 g/mol. The van der Waals surface area contributed by atoms with E-state index < -0.39 is 17.9 Å². The lowest BCUT2D eigenvalue weighted by Crippen LogP contribution is -2.35. The van der Waals surface area contributed by atoms with Crippen molar-refractivity contribution in [2.24, 2.45) is 5.92 Å². The van der Waals surface area contributed by atoms with E-state index in [0.717, 1.165) is 6.42 Å². The van der Waals surface area contributed by atoms with Crippen molar-refractivity contribution in [2.75, 3.05) is 11.9 Å². The van der Waals surface area contributed by atoms with Gasteiger partial charge in [-0.2, -0.15) is 0 Å². The number of carboxylic acids is 1. The highest BCUT2D eigenvalue weighted by molar-refractivity contribution is 9.10. The summed E-state index contributed by atoms with van der Waals surface area (Å²) in [4.78, 5) is 22.7. The summed E-state index contributed by atoms with van der Waals surface area (Å²) in [6.45, 7) is 1.94. The summed E-state index contributed by atoms with van der Waals surface area (Å²) < 4.78 is 0.619. The largest absolute Gasteiger partial charge is 0.481 e. The summed E-state index contributed by atoms with van der Waals surface area (Å²) in [6.07, 6.45) is 1.23. The van der Waals surface area contributed by atoms with Gasteiger partial charge < -0.3 is 15.7 Å². The minimum absolute atomic E-state index is 0.0525. The second kappa shape index (κ2) is 8.46. The van der Waals surface area contributed by atoms with Crippen molar-refractivity contribution in [3.8, 4) is 0 Å². The fourth-order valence-electron chi connectivity index (χ4n) is 1.67. The zero-order valence-electron chi connectivity index (χ0n) is 11.3. The number of carbonyl (C=O) groups excluding carboxylic acids is 1. The Morgan fingerprint density at radius 3 is 2.57 bits per heavy atom. The zero-order valence-corrected chi connectivity index (χ0v) is 14.3. The Hall–Kier alpha value is -0.980. The zero-order chi connectivity index (χ0) is 16.0. The molecule has 21 heavy (non-hydrogen) atoms. The molecule has 0 spiro atoms. The highest BCUT2D eigenvalue weighted by atomic mass is 79.9. The predicted molar refractivity (Wildman–Crippen MR) is 87.2 cm³/mol. The molecule has 8 heteroatoms. The van der Waals surface area contributed by atoms with E-state index in [4.69, 9.17) is 28.3 Å². The molecule has 1 unspecified atom stereocenters. The number of carbonyl (C=O) groups is 2. The molecule has 0 aliphatic rings. The van der Waals surface area contributed by atoms with Gasteiger partial charge in [-0.15, -0.1) is 0 Å². The lowest BCUT2D eigenvalue weighted by Gasteiger charge is -2.14. The molecule has 3 N–H and O–H groups in total. The van der Waals surface area contributed by atoms with Gasteiger partial charge in [-0.3, -0.25) is 4.79 Å². The summed E-state index contributed by atoms with van der Waals surface area (Å²) in [6, 6.07) is 2.72. The maximum absolute atomic E-state index is 11.8. The number of aliphatic carboxylic acids is 1. The quantitative estimate of drug-likeness (QED) is 0.623. The molecular formula is C13H15BrCl2N2O3. The van der Waals surface area contributed by atoms with Gasteiger partial charge >= 0.3 is 12.0 Å². The molecule has 0 bridgehead atoms. The molecule has 2 amide bonds. The number of halogens is 3. The number of rotatable bonds is 6. The summed E-state index contributed by atoms with van der Waals surface area (Å²) in [5.74, 6) is -1.54. The van der Waals surface area contributed by atoms with Crippen molar-refractivity contribution in [1.82, 2.24) is 5.32 Å². The van der Waals surface area contributed by atoms with E-state index in [2.05, 4.69) is 26.6 Å². The van der Waals surface area contributed by atoms with Gasteiger partial charge in [0.25, 0.3) is 0 Å². The van der Waals surface area contributed by atoms with Crippen molar-refractivity contribution in [2.45, 2.75) is 19.8 Å². The molecule has 1 rings (SSSR count). The number of nitrogens with one attached hydrogen (secondary N) is 2. The maximum Gasteiger partial charge on any atom is 0.319 e. The number of anilines is 1. The van der Waals surface area contributed by atoms with Gasteiger partial charge in [0.1, 0.15) is 0 Å². The van der Waals surface area contributed by atoms with E-state index in [1.165, 1.54) is 0 Å². The van der Waals surface area contributed by atoms with Crippen molar-refractivity contribution in [1.29, 1.82) is 0 Å². The summed E-state index contributed by atoms with van der Waals surface area (Å²) in [5, 5.41) is 14.6. The number of hydrogen-bond acceptors (Lipinski definition) is 2. The molecule has 0 aliphatic heterocycles. The summed E-state index contributed by atoms with van der Waals surface area (Å²) >= 11 is 15.2. The molecule has 0 aromatic heterocycles. The summed E-state index contributed by atoms with van der Waals surface area (Å²) in [7, 11) is 0. The van der Waals surface area contributed by atoms with Crippen LogP contribution >= 0.6 is 39.1 Å². The van der Waals surface area contributed by atoms with Gasteiger partial charge in [-0.1, -0.05) is 36.5 Å². The number of benzene rings is 1. The van der Waals surface area contributed by atoms with Gasteiger partial charge in [0, 0.05) is 11.0 Å². The highest BCUT2D eigenvalue weighted by Crippen LogP contribution is 2.35. The first-order valence-electron chi connectivity index (χ1n) is 6.28. The van der Waals surface area contributed by atoms with Crippen LogP contribution in [0.2, 0.25) is 10.0 Å². The Bertz CT molecular complexity index is 540. The topological polar surface area (TPSA) is 78.4 Å². The lowest BCUT2D eigenvalue weighted by atomic mass is 10.0. The van der Waals surface area contributed by atoms with Crippen LogP contribution in [0.15, 0.2) is 16.6 Å². The lowest BCUT2D eigenvalue weighted by molar-refractivity contribution is -0.141. The van der Waals surface area contributed by atoms with Crippen molar-refractivity contribution < 1.29 is 14.7 Å². The molecular weight excluding hydrogens is 383 g/mol. The first-order chi connectivity index (χ1) is 9.86. The van der Waals surface area contributed by atoms with E-state index in [-0.39, 0.29) is 11.6 Å². The third kappa shape index (κ3) is 5.37. The van der Waals surface area contributed by atoms with Gasteiger partial charge in [0.15, 0.2) is 0 Å². The van der Waals surface area contributed by atoms with Crippen LogP contribution in [-0.2, 0) is 4.79 Å². The Balaban J connectivity index is 2.62. The van der Waals surface area contributed by atoms with Crippen molar-refractivity contribution >= 4 is 56.8 Å². The molecule has 0 heterocycles. The van der Waals surface area contributed by atoms with E-state index in [1.807, 2.05) is 6.92 Å². The van der Waals surface area contributed by atoms with Crippen LogP contribution < -0.4 is 10.6 Å². The number of carboxylic acid groups (broad SMARTS) is 1. The fourth-order valence-corrected chi connectivity index (χ4v) is 2.49. The normalized spacial score (nSPS) is 11.8. The van der Waals surface area contributed by atoms with E-state index >= 15 is 0 Å². The van der Waals surface area contributed by atoms with Crippen LogP contribution in [0.1, 0.15) is 19.8 Å². The van der Waals surface area contributed by atoms with Crippen LogP contribution in [0.4, 0.5) is 10.5 Å². The van der Waals surface area contributed by atoms with Gasteiger partial charge in [-0.05, 0) is 34.5 Å². The number of urea groups is 1. The molecule has 5 nitrogen and oxygen atoms in total. The van der Waals surface area contributed by atoms with Crippen LogP contribution in [0.3, 0.4) is 0 Å². The molecule has 116 valence electrons. The average Bonchev–Trinajstić information content (AvgIpc) is 2.43. The highest BCUT2D eigenvalue weighted by Gasteiger charge is 2.17. The Labute approximate surface area is 141 Å². The second-order valence-electron chi connectivity index (χ2n) is 4.38. The molecule has 0 radical (unpaired) electrons. The molecule has 0 aliphatic carbocycles. The minimum Gasteiger partial charge on any atom is -0.481 e. The summed E-state index contributed by atoms with van der Waals surface area (Å²) in [5.41, 5.74) is 0.352. The third-order valence-corrected chi connectivity index (χ3v) is 4.55. The Morgan fingerprint density at radius 2 is 2.00 bits per heavy atom. The molecule has 0 saturated heterocycles. The standard InChI is InChI=1S/C13H15BrCl2N2O3/c1-2-3-7(12(19)20)6-17-13(21)18-9-5-4-8(14)10(15)11(9)16/h4-5,7H,2-3,6H2,1H3,(H,19,20)(H2,17,18,21). The van der Waals surface area contributed by atoms with Gasteiger partial charge in [0.2, 0.25) is 0 Å². The number of amides is 2.